The molecule has 0 saturated heterocycles. The summed E-state index contributed by atoms with van der Waals surface area (Å²) in [4.78, 5) is 14.6. The number of hydrogen-bond donors (Lipinski definition) is 1. The fourth-order valence-electron chi connectivity index (χ4n) is 3.14. The van der Waals surface area contributed by atoms with Gasteiger partial charge in [0.15, 0.2) is 0 Å². The summed E-state index contributed by atoms with van der Waals surface area (Å²) in [5, 5.41) is 11.7. The average Bonchev–Trinajstić information content (AvgIpc) is 3.22. The molecule has 1 N–H and O–H groups in total. The van der Waals surface area contributed by atoms with Crippen LogP contribution in [-0.4, -0.2) is 11.1 Å². The minimum Gasteiger partial charge on any atom is -0.477 e. The Hall–Kier alpha value is -1.13. The molecule has 2 heterocycles. The SMILES string of the molecule is CCCCCCc1cc(-c2sccc2CCCCCC)sc1C(=O)O. The lowest BCUT2D eigenvalue weighted by Gasteiger charge is -2.02. The summed E-state index contributed by atoms with van der Waals surface area (Å²) in [5.74, 6) is -0.775. The number of unbranched alkanes of at least 4 members (excludes halogenated alkanes) is 6. The Labute approximate surface area is 159 Å². The van der Waals surface area contributed by atoms with Gasteiger partial charge in [-0.3, -0.25) is 0 Å². The Balaban J connectivity index is 2.11. The standard InChI is InChI=1S/C21H30O2S2/c1-3-5-7-9-11-16-13-14-24-19(16)18-15-17(12-10-8-6-4-2)20(25-18)21(22)23/h13-15H,3-12H2,1-2H3,(H,22,23). The molecule has 2 aromatic heterocycles. The number of carbonyl (C=O) groups is 1. The van der Waals surface area contributed by atoms with Gasteiger partial charge in [-0.2, -0.15) is 0 Å². The monoisotopic (exact) mass is 378 g/mol. The number of aromatic carboxylic acids is 1. The zero-order valence-electron chi connectivity index (χ0n) is 15.5. The molecular weight excluding hydrogens is 348 g/mol. The molecule has 2 aromatic rings. The lowest BCUT2D eigenvalue weighted by Crippen LogP contribution is -1.97. The highest BCUT2D eigenvalue weighted by Crippen LogP contribution is 2.38. The van der Waals surface area contributed by atoms with E-state index in [1.54, 1.807) is 11.3 Å². The second-order valence-corrected chi connectivity index (χ2v) is 8.63. The molecule has 0 amide bonds. The largest absolute Gasteiger partial charge is 0.477 e. The molecule has 0 spiro atoms. The van der Waals surface area contributed by atoms with Crippen LogP contribution in [0.1, 0.15) is 86.0 Å². The van der Waals surface area contributed by atoms with Gasteiger partial charge in [-0.1, -0.05) is 52.4 Å². The molecule has 0 aliphatic heterocycles. The van der Waals surface area contributed by atoms with E-state index in [0.717, 1.165) is 29.7 Å². The van der Waals surface area contributed by atoms with Crippen molar-refractivity contribution in [2.45, 2.75) is 78.1 Å². The smallest absolute Gasteiger partial charge is 0.346 e. The van der Waals surface area contributed by atoms with E-state index in [0.29, 0.717) is 4.88 Å². The van der Waals surface area contributed by atoms with Crippen LogP contribution in [0.2, 0.25) is 0 Å². The third-order valence-corrected chi connectivity index (χ3v) is 6.88. The van der Waals surface area contributed by atoms with Gasteiger partial charge in [0.05, 0.1) is 0 Å². The number of carboxylic acids is 1. The van der Waals surface area contributed by atoms with Crippen molar-refractivity contribution in [3.05, 3.63) is 33.5 Å². The molecular formula is C21H30O2S2. The minimum atomic E-state index is -0.775. The summed E-state index contributed by atoms with van der Waals surface area (Å²) in [6.07, 6.45) is 11.7. The molecule has 0 aromatic carbocycles. The van der Waals surface area contributed by atoms with Gasteiger partial charge in [0.25, 0.3) is 0 Å². The number of aryl methyl sites for hydroxylation is 2. The van der Waals surface area contributed by atoms with Crippen LogP contribution in [-0.2, 0) is 12.8 Å². The van der Waals surface area contributed by atoms with Crippen LogP contribution in [0, 0.1) is 0 Å². The van der Waals surface area contributed by atoms with Crippen molar-refractivity contribution in [3.8, 4) is 9.75 Å². The molecule has 2 nitrogen and oxygen atoms in total. The van der Waals surface area contributed by atoms with Gasteiger partial charge in [-0.05, 0) is 54.3 Å². The molecule has 138 valence electrons. The summed E-state index contributed by atoms with van der Waals surface area (Å²) in [7, 11) is 0. The molecule has 0 aliphatic carbocycles. The van der Waals surface area contributed by atoms with E-state index >= 15 is 0 Å². The van der Waals surface area contributed by atoms with Gasteiger partial charge < -0.3 is 5.11 Å². The summed E-state index contributed by atoms with van der Waals surface area (Å²) in [6, 6.07) is 4.36. The molecule has 4 heteroatoms. The second-order valence-electron chi connectivity index (χ2n) is 6.67. The highest BCUT2D eigenvalue weighted by Gasteiger charge is 2.18. The fourth-order valence-corrected chi connectivity index (χ4v) is 5.30. The van der Waals surface area contributed by atoms with Crippen LogP contribution in [0.15, 0.2) is 17.5 Å². The predicted molar refractivity (Wildman–Crippen MR) is 110 cm³/mol. The van der Waals surface area contributed by atoms with E-state index in [1.165, 1.54) is 66.7 Å². The Bertz CT molecular complexity index is 655. The maximum atomic E-state index is 11.6. The van der Waals surface area contributed by atoms with Crippen molar-refractivity contribution in [1.29, 1.82) is 0 Å². The highest BCUT2D eigenvalue weighted by molar-refractivity contribution is 7.22. The van der Waals surface area contributed by atoms with Crippen LogP contribution in [0.5, 0.6) is 0 Å². The predicted octanol–water partition coefficient (Wildman–Crippen LogP) is 7.42. The topological polar surface area (TPSA) is 37.3 Å². The molecule has 2 rings (SSSR count). The highest BCUT2D eigenvalue weighted by atomic mass is 32.1. The van der Waals surface area contributed by atoms with Crippen molar-refractivity contribution in [2.24, 2.45) is 0 Å². The van der Waals surface area contributed by atoms with Crippen LogP contribution in [0.4, 0.5) is 0 Å². The van der Waals surface area contributed by atoms with E-state index in [2.05, 4.69) is 31.4 Å². The van der Waals surface area contributed by atoms with Gasteiger partial charge in [0.1, 0.15) is 4.88 Å². The van der Waals surface area contributed by atoms with E-state index < -0.39 is 5.97 Å². The average molecular weight is 379 g/mol. The summed E-state index contributed by atoms with van der Waals surface area (Å²) in [5.41, 5.74) is 2.41. The molecule has 0 atom stereocenters. The van der Waals surface area contributed by atoms with Crippen molar-refractivity contribution >= 4 is 28.6 Å². The number of thiophene rings is 2. The summed E-state index contributed by atoms with van der Waals surface area (Å²) in [6.45, 7) is 4.43. The van der Waals surface area contributed by atoms with E-state index in [1.807, 2.05) is 0 Å². The van der Waals surface area contributed by atoms with Crippen molar-refractivity contribution < 1.29 is 9.90 Å². The normalized spacial score (nSPS) is 11.1. The zero-order chi connectivity index (χ0) is 18.1. The van der Waals surface area contributed by atoms with Crippen LogP contribution >= 0.6 is 22.7 Å². The van der Waals surface area contributed by atoms with Crippen LogP contribution in [0.25, 0.3) is 9.75 Å². The van der Waals surface area contributed by atoms with E-state index in [4.69, 9.17) is 0 Å². The van der Waals surface area contributed by atoms with Gasteiger partial charge in [0.2, 0.25) is 0 Å². The number of carboxylic acid groups (broad SMARTS) is 1. The van der Waals surface area contributed by atoms with E-state index in [-0.39, 0.29) is 0 Å². The zero-order valence-corrected chi connectivity index (χ0v) is 17.1. The van der Waals surface area contributed by atoms with Gasteiger partial charge in [-0.15, -0.1) is 22.7 Å². The Morgan fingerprint density at radius 3 is 2.20 bits per heavy atom. The molecule has 0 saturated carbocycles. The van der Waals surface area contributed by atoms with Gasteiger partial charge >= 0.3 is 5.97 Å². The Kier molecular flexibility index (Phi) is 8.70. The fraction of sp³-hybridized carbons (Fsp3) is 0.571. The van der Waals surface area contributed by atoms with Gasteiger partial charge in [0, 0.05) is 9.75 Å². The van der Waals surface area contributed by atoms with Gasteiger partial charge in [-0.25, -0.2) is 4.79 Å². The lowest BCUT2D eigenvalue weighted by atomic mass is 10.0. The Morgan fingerprint density at radius 2 is 1.60 bits per heavy atom. The number of rotatable bonds is 12. The molecule has 0 aliphatic rings. The van der Waals surface area contributed by atoms with Crippen LogP contribution < -0.4 is 0 Å². The van der Waals surface area contributed by atoms with Crippen molar-refractivity contribution in [2.75, 3.05) is 0 Å². The third-order valence-electron chi connectivity index (χ3n) is 4.57. The lowest BCUT2D eigenvalue weighted by molar-refractivity contribution is 0.0701. The first-order chi connectivity index (χ1) is 12.2. The molecule has 0 radical (unpaired) electrons. The maximum absolute atomic E-state index is 11.6. The van der Waals surface area contributed by atoms with Crippen molar-refractivity contribution in [3.63, 3.8) is 0 Å². The summed E-state index contributed by atoms with van der Waals surface area (Å²) >= 11 is 3.21. The molecule has 0 bridgehead atoms. The van der Waals surface area contributed by atoms with Crippen molar-refractivity contribution in [1.82, 2.24) is 0 Å². The van der Waals surface area contributed by atoms with E-state index in [9.17, 15) is 9.90 Å². The third kappa shape index (κ3) is 5.96. The van der Waals surface area contributed by atoms with Crippen LogP contribution in [0.3, 0.4) is 0 Å². The minimum absolute atomic E-state index is 0.539. The molecule has 0 fully saturated rings. The molecule has 0 unspecified atom stereocenters. The quantitative estimate of drug-likeness (QED) is 0.390. The summed E-state index contributed by atoms with van der Waals surface area (Å²) < 4.78 is 0. The first-order valence-corrected chi connectivity index (χ1v) is 11.3. The second kappa shape index (κ2) is 10.8. The first-order valence-electron chi connectivity index (χ1n) is 9.60. The maximum Gasteiger partial charge on any atom is 0.346 e. The molecule has 25 heavy (non-hydrogen) atoms. The Morgan fingerprint density at radius 1 is 0.960 bits per heavy atom. The first kappa shape index (κ1) is 20.2. The number of hydrogen-bond acceptors (Lipinski definition) is 3.